The number of hydrogen-bond donors (Lipinski definition) is 2. The summed E-state index contributed by atoms with van der Waals surface area (Å²) in [4.78, 5) is 12.7. The van der Waals surface area contributed by atoms with E-state index in [1.54, 1.807) is 60.7 Å². The van der Waals surface area contributed by atoms with E-state index in [4.69, 9.17) is 0 Å². The third kappa shape index (κ3) is 3.51. The molecule has 0 saturated heterocycles. The van der Waals surface area contributed by atoms with Crippen LogP contribution in [0.25, 0.3) is 10.8 Å². The number of aliphatic hydroxyl groups is 1. The number of benzene rings is 3. The van der Waals surface area contributed by atoms with Crippen molar-refractivity contribution in [3.05, 3.63) is 78.4 Å². The second-order valence-electron chi connectivity index (χ2n) is 5.80. The highest BCUT2D eigenvalue weighted by Crippen LogP contribution is 2.34. The summed E-state index contributed by atoms with van der Waals surface area (Å²) in [5, 5.41) is 14.8. The van der Waals surface area contributed by atoms with Crippen LogP contribution >= 0.6 is 0 Å². The van der Waals surface area contributed by atoms with Crippen molar-refractivity contribution in [3.63, 3.8) is 0 Å². The lowest BCUT2D eigenvalue weighted by molar-refractivity contribution is -0.139. The molecule has 2 N–H and O–H groups in total. The number of carbonyl (C=O) groups is 1. The summed E-state index contributed by atoms with van der Waals surface area (Å²) in [6.07, 6.45) is -3.83. The number of halogens is 2. The molecule has 0 aliphatic heterocycles. The van der Waals surface area contributed by atoms with Crippen molar-refractivity contribution in [1.29, 1.82) is 0 Å². The molecule has 0 aromatic heterocycles. The van der Waals surface area contributed by atoms with E-state index in [0.717, 1.165) is 5.39 Å². The molecule has 0 bridgehead atoms. The summed E-state index contributed by atoms with van der Waals surface area (Å²) in [6, 6.07) is 20.5. The van der Waals surface area contributed by atoms with Crippen LogP contribution in [-0.4, -0.2) is 17.4 Å². The molecule has 3 aromatic rings. The molecule has 0 aliphatic rings. The van der Waals surface area contributed by atoms with Gasteiger partial charge in [0.1, 0.15) is 0 Å². The highest BCUT2D eigenvalue weighted by Gasteiger charge is 2.41. The van der Waals surface area contributed by atoms with Gasteiger partial charge in [0, 0.05) is 11.3 Å². The molecule has 3 aromatic carbocycles. The van der Waals surface area contributed by atoms with E-state index < -0.39 is 24.4 Å². The van der Waals surface area contributed by atoms with Gasteiger partial charge in [0.25, 0.3) is 5.91 Å². The minimum atomic E-state index is -2.84. The van der Waals surface area contributed by atoms with Crippen molar-refractivity contribution < 1.29 is 18.7 Å². The Kier molecular flexibility index (Phi) is 4.76. The van der Waals surface area contributed by atoms with Crippen molar-refractivity contribution in [3.8, 4) is 0 Å². The van der Waals surface area contributed by atoms with E-state index >= 15 is 0 Å². The highest BCUT2D eigenvalue weighted by molar-refractivity contribution is 6.01. The first kappa shape index (κ1) is 17.0. The number of fused-ring (bicyclic) bond motifs is 1. The number of para-hydroxylation sites is 1. The van der Waals surface area contributed by atoms with Gasteiger partial charge in [-0.15, -0.1) is 0 Å². The van der Waals surface area contributed by atoms with Crippen molar-refractivity contribution >= 4 is 22.4 Å². The summed E-state index contributed by atoms with van der Waals surface area (Å²) in [7, 11) is 0. The lowest BCUT2D eigenvalue weighted by atomic mass is 9.86. The summed E-state index contributed by atoms with van der Waals surface area (Å²) in [5.41, 5.74) is -1.75. The van der Waals surface area contributed by atoms with Crippen LogP contribution in [-0.2, 0) is 10.4 Å². The largest absolute Gasteiger partial charge is 0.375 e. The molecule has 5 heteroatoms. The van der Waals surface area contributed by atoms with Crippen molar-refractivity contribution in [2.75, 3.05) is 5.32 Å². The number of amides is 1. The van der Waals surface area contributed by atoms with Crippen LogP contribution in [0, 0.1) is 0 Å². The van der Waals surface area contributed by atoms with E-state index in [1.165, 1.54) is 6.07 Å². The minimum Gasteiger partial charge on any atom is -0.375 e. The van der Waals surface area contributed by atoms with Gasteiger partial charge < -0.3 is 10.4 Å². The van der Waals surface area contributed by atoms with E-state index in [9.17, 15) is 18.7 Å². The fraction of sp³-hybridized carbons (Fsp3) is 0.150. The third-order valence-electron chi connectivity index (χ3n) is 4.09. The number of alkyl halides is 2. The Bertz CT molecular complexity index is 878. The van der Waals surface area contributed by atoms with Gasteiger partial charge in [-0.2, -0.15) is 0 Å². The number of hydrogen-bond acceptors (Lipinski definition) is 2. The number of nitrogens with one attached hydrogen (secondary N) is 1. The molecule has 128 valence electrons. The molecule has 1 atom stereocenters. The topological polar surface area (TPSA) is 49.3 Å². The Morgan fingerprint density at radius 1 is 0.960 bits per heavy atom. The molecule has 25 heavy (non-hydrogen) atoms. The van der Waals surface area contributed by atoms with Crippen LogP contribution in [0.1, 0.15) is 12.0 Å². The van der Waals surface area contributed by atoms with Crippen LogP contribution in [0.3, 0.4) is 0 Å². The third-order valence-corrected chi connectivity index (χ3v) is 4.09. The molecule has 0 heterocycles. The molecule has 0 saturated carbocycles. The first-order chi connectivity index (χ1) is 12.0. The molecular weight excluding hydrogens is 324 g/mol. The zero-order valence-corrected chi connectivity index (χ0v) is 13.3. The first-order valence-electron chi connectivity index (χ1n) is 7.86. The molecule has 1 amide bonds. The lowest BCUT2D eigenvalue weighted by Crippen LogP contribution is -2.42. The molecule has 3 rings (SSSR count). The summed E-state index contributed by atoms with van der Waals surface area (Å²) < 4.78 is 26.3. The van der Waals surface area contributed by atoms with Crippen LogP contribution in [0.4, 0.5) is 14.5 Å². The van der Waals surface area contributed by atoms with E-state index in [1.807, 2.05) is 6.07 Å². The maximum Gasteiger partial charge on any atom is 0.261 e. The predicted octanol–water partition coefficient (Wildman–Crippen LogP) is 4.32. The van der Waals surface area contributed by atoms with E-state index in [2.05, 4.69) is 5.32 Å². The molecule has 3 nitrogen and oxygen atoms in total. The van der Waals surface area contributed by atoms with Gasteiger partial charge in [-0.05, 0) is 22.9 Å². The van der Waals surface area contributed by atoms with Gasteiger partial charge in [0.15, 0.2) is 5.60 Å². The van der Waals surface area contributed by atoms with Gasteiger partial charge in [-0.1, -0.05) is 60.7 Å². The Morgan fingerprint density at radius 2 is 1.60 bits per heavy atom. The monoisotopic (exact) mass is 341 g/mol. The zero-order chi connectivity index (χ0) is 17.9. The van der Waals surface area contributed by atoms with Crippen molar-refractivity contribution in [2.45, 2.75) is 18.4 Å². The minimum absolute atomic E-state index is 0.166. The van der Waals surface area contributed by atoms with Gasteiger partial charge in [-0.3, -0.25) is 4.79 Å². The smallest absolute Gasteiger partial charge is 0.261 e. The molecule has 0 aliphatic carbocycles. The normalized spacial score (nSPS) is 13.6. The second-order valence-corrected chi connectivity index (χ2v) is 5.80. The van der Waals surface area contributed by atoms with Gasteiger partial charge in [0.05, 0.1) is 6.42 Å². The van der Waals surface area contributed by atoms with Crippen molar-refractivity contribution in [1.82, 2.24) is 0 Å². The van der Waals surface area contributed by atoms with Crippen LogP contribution in [0.2, 0.25) is 0 Å². The Morgan fingerprint density at radius 3 is 2.32 bits per heavy atom. The Labute approximate surface area is 143 Å². The zero-order valence-electron chi connectivity index (χ0n) is 13.3. The number of rotatable bonds is 5. The SMILES string of the molecule is O=C(Nc1ccccc1)C(O)(CC(F)F)c1cccc2ccccc12. The van der Waals surface area contributed by atoms with Crippen LogP contribution in [0.15, 0.2) is 72.8 Å². The molecule has 0 radical (unpaired) electrons. The van der Waals surface area contributed by atoms with E-state index in [-0.39, 0.29) is 5.56 Å². The van der Waals surface area contributed by atoms with Crippen LogP contribution < -0.4 is 5.32 Å². The molecule has 0 fully saturated rings. The molecule has 0 spiro atoms. The lowest BCUT2D eigenvalue weighted by Gasteiger charge is -2.28. The van der Waals surface area contributed by atoms with Crippen molar-refractivity contribution in [2.24, 2.45) is 0 Å². The Balaban J connectivity index is 2.07. The fourth-order valence-corrected chi connectivity index (χ4v) is 2.89. The molecule has 1 unspecified atom stereocenters. The summed E-state index contributed by atoms with van der Waals surface area (Å²) in [6.45, 7) is 0. The average molecular weight is 341 g/mol. The van der Waals surface area contributed by atoms with Gasteiger partial charge >= 0.3 is 0 Å². The summed E-state index contributed by atoms with van der Waals surface area (Å²) in [5.74, 6) is -0.879. The quantitative estimate of drug-likeness (QED) is 0.726. The maximum atomic E-state index is 13.2. The van der Waals surface area contributed by atoms with Gasteiger partial charge in [0.2, 0.25) is 6.43 Å². The predicted molar refractivity (Wildman–Crippen MR) is 93.5 cm³/mol. The number of anilines is 1. The number of carbonyl (C=O) groups excluding carboxylic acids is 1. The van der Waals surface area contributed by atoms with Crippen LogP contribution in [0.5, 0.6) is 0 Å². The second kappa shape index (κ2) is 6.99. The van der Waals surface area contributed by atoms with E-state index in [0.29, 0.717) is 11.1 Å². The van der Waals surface area contributed by atoms with Gasteiger partial charge in [-0.25, -0.2) is 8.78 Å². The first-order valence-corrected chi connectivity index (χ1v) is 7.86. The standard InChI is InChI=1S/C20H17F2NO2/c21-18(22)13-20(25,19(24)23-15-9-2-1-3-10-15)17-12-6-8-14-7-4-5-11-16(14)17/h1-12,18,25H,13H2,(H,23,24). The fourth-order valence-electron chi connectivity index (χ4n) is 2.89. The average Bonchev–Trinajstić information content (AvgIpc) is 2.61. The Hall–Kier alpha value is -2.79. The maximum absolute atomic E-state index is 13.2. The summed E-state index contributed by atoms with van der Waals surface area (Å²) >= 11 is 0. The molecular formula is C20H17F2NO2. The highest BCUT2D eigenvalue weighted by atomic mass is 19.3.